The average molecular weight is 412 g/mol. The topological polar surface area (TPSA) is 99.1 Å². The number of aliphatic hydroxyl groups is 1. The van der Waals surface area contributed by atoms with Crippen LogP contribution in [0.2, 0.25) is 0 Å². The minimum atomic E-state index is -0.649. The van der Waals surface area contributed by atoms with E-state index in [0.717, 1.165) is 0 Å². The van der Waals surface area contributed by atoms with Gasteiger partial charge < -0.3 is 25.2 Å². The normalized spacial score (nSPS) is 16.1. The van der Waals surface area contributed by atoms with Crippen molar-refractivity contribution >= 4 is 17.4 Å². The third-order valence-corrected chi connectivity index (χ3v) is 5.29. The van der Waals surface area contributed by atoms with Gasteiger partial charge in [-0.1, -0.05) is 12.1 Å². The summed E-state index contributed by atoms with van der Waals surface area (Å²) >= 11 is 0. The van der Waals surface area contributed by atoms with Gasteiger partial charge in [0.2, 0.25) is 5.91 Å². The molecule has 2 aromatic carbocycles. The highest BCUT2D eigenvalue weighted by molar-refractivity contribution is 5.94. The fourth-order valence-electron chi connectivity index (χ4n) is 3.52. The minimum absolute atomic E-state index is 0.000705. The van der Waals surface area contributed by atoms with Crippen LogP contribution in [0.4, 0.5) is 5.69 Å². The first-order valence-corrected chi connectivity index (χ1v) is 10.2. The van der Waals surface area contributed by atoms with Crippen LogP contribution < -0.4 is 10.1 Å². The summed E-state index contributed by atoms with van der Waals surface area (Å²) in [6, 6.07) is 13.5. The second-order valence-corrected chi connectivity index (χ2v) is 7.63. The van der Waals surface area contributed by atoms with E-state index in [9.17, 15) is 19.8 Å². The molecule has 0 spiro atoms. The molecule has 1 heterocycles. The number of ether oxygens (including phenoxy) is 1. The lowest BCUT2D eigenvalue weighted by atomic mass is 9.95. The van der Waals surface area contributed by atoms with Gasteiger partial charge in [-0.25, -0.2) is 0 Å². The maximum atomic E-state index is 12.4. The Morgan fingerprint density at radius 1 is 1.13 bits per heavy atom. The number of phenolic OH excluding ortho intramolecular Hbond substituents is 1. The van der Waals surface area contributed by atoms with Crippen molar-refractivity contribution in [3.05, 3.63) is 54.1 Å². The van der Waals surface area contributed by atoms with Gasteiger partial charge in [-0.2, -0.15) is 0 Å². The number of phenols is 1. The standard InChI is InChI=1S/C23H28N2O5/c1-16(26)17-6-8-20(9-7-17)30-15-19(27)14-25-12-10-18(11-13-25)23(29)24-21-4-2-3-5-22(21)28/h2-9,18-19,27-28H,10-15H2,1H3,(H,24,29). The number of hydrogen-bond acceptors (Lipinski definition) is 6. The lowest BCUT2D eigenvalue weighted by Gasteiger charge is -2.32. The van der Waals surface area contributed by atoms with E-state index in [1.54, 1.807) is 48.5 Å². The number of carbonyl (C=O) groups is 2. The Labute approximate surface area is 176 Å². The number of hydrogen-bond donors (Lipinski definition) is 3. The molecule has 1 aliphatic heterocycles. The summed E-state index contributed by atoms with van der Waals surface area (Å²) < 4.78 is 5.61. The zero-order valence-electron chi connectivity index (χ0n) is 17.1. The molecular weight excluding hydrogens is 384 g/mol. The molecule has 3 N–H and O–H groups in total. The Kier molecular flexibility index (Phi) is 7.43. The molecule has 1 aliphatic rings. The average Bonchev–Trinajstić information content (AvgIpc) is 2.74. The predicted molar refractivity (Wildman–Crippen MR) is 114 cm³/mol. The molecule has 1 fully saturated rings. The second-order valence-electron chi connectivity index (χ2n) is 7.63. The van der Waals surface area contributed by atoms with E-state index in [4.69, 9.17) is 4.74 Å². The second kappa shape index (κ2) is 10.2. The number of nitrogens with one attached hydrogen (secondary N) is 1. The van der Waals surface area contributed by atoms with Gasteiger partial charge in [0.25, 0.3) is 0 Å². The smallest absolute Gasteiger partial charge is 0.227 e. The monoisotopic (exact) mass is 412 g/mol. The maximum Gasteiger partial charge on any atom is 0.227 e. The fourth-order valence-corrected chi connectivity index (χ4v) is 3.52. The van der Waals surface area contributed by atoms with Crippen molar-refractivity contribution in [2.24, 2.45) is 5.92 Å². The zero-order chi connectivity index (χ0) is 21.5. The van der Waals surface area contributed by atoms with Gasteiger partial charge in [-0.05, 0) is 69.3 Å². The SMILES string of the molecule is CC(=O)c1ccc(OCC(O)CN2CCC(C(=O)Nc3ccccc3O)CC2)cc1. The first kappa shape index (κ1) is 21.8. The summed E-state index contributed by atoms with van der Waals surface area (Å²) in [7, 11) is 0. The van der Waals surface area contributed by atoms with E-state index in [2.05, 4.69) is 10.2 Å². The van der Waals surface area contributed by atoms with Gasteiger partial charge in [0.15, 0.2) is 5.78 Å². The van der Waals surface area contributed by atoms with E-state index < -0.39 is 6.10 Å². The highest BCUT2D eigenvalue weighted by Gasteiger charge is 2.26. The molecule has 0 saturated carbocycles. The third kappa shape index (κ3) is 6.05. The fraction of sp³-hybridized carbons (Fsp3) is 0.391. The van der Waals surface area contributed by atoms with Crippen LogP contribution in [0.3, 0.4) is 0 Å². The molecule has 1 atom stereocenters. The summed E-state index contributed by atoms with van der Waals surface area (Å²) in [5, 5.41) is 22.9. The molecule has 160 valence electrons. The van der Waals surface area contributed by atoms with E-state index in [1.165, 1.54) is 6.92 Å². The third-order valence-electron chi connectivity index (χ3n) is 5.29. The van der Waals surface area contributed by atoms with Crippen LogP contribution in [0.25, 0.3) is 0 Å². The lowest BCUT2D eigenvalue weighted by molar-refractivity contribution is -0.121. The van der Waals surface area contributed by atoms with Gasteiger partial charge in [0.05, 0.1) is 5.69 Å². The van der Waals surface area contributed by atoms with Crippen molar-refractivity contribution in [2.75, 3.05) is 31.6 Å². The molecule has 0 radical (unpaired) electrons. The number of likely N-dealkylation sites (tertiary alicyclic amines) is 1. The van der Waals surface area contributed by atoms with Crippen molar-refractivity contribution in [3.8, 4) is 11.5 Å². The Bertz CT molecular complexity index is 860. The van der Waals surface area contributed by atoms with Crippen molar-refractivity contribution in [2.45, 2.75) is 25.9 Å². The van der Waals surface area contributed by atoms with Gasteiger partial charge in [-0.3, -0.25) is 9.59 Å². The molecular formula is C23H28N2O5. The molecule has 0 bridgehead atoms. The van der Waals surface area contributed by atoms with E-state index in [-0.39, 0.29) is 30.0 Å². The molecule has 30 heavy (non-hydrogen) atoms. The highest BCUT2D eigenvalue weighted by atomic mass is 16.5. The molecule has 1 saturated heterocycles. The number of ketones is 1. The number of piperidine rings is 1. The molecule has 1 amide bonds. The van der Waals surface area contributed by atoms with Crippen molar-refractivity contribution < 1.29 is 24.5 Å². The summed E-state index contributed by atoms with van der Waals surface area (Å²) in [5.41, 5.74) is 1.05. The van der Waals surface area contributed by atoms with Crippen molar-refractivity contribution in [1.82, 2.24) is 4.90 Å². The maximum absolute atomic E-state index is 12.4. The molecule has 2 aromatic rings. The van der Waals surface area contributed by atoms with E-state index >= 15 is 0 Å². The number of Topliss-reactive ketones (excluding diaryl/α,β-unsaturated/α-hetero) is 1. The predicted octanol–water partition coefficient (Wildman–Crippen LogP) is 2.69. The van der Waals surface area contributed by atoms with E-state index in [1.807, 2.05) is 0 Å². The number of aromatic hydroxyl groups is 1. The van der Waals surface area contributed by atoms with Crippen molar-refractivity contribution in [3.63, 3.8) is 0 Å². The molecule has 7 heteroatoms. The molecule has 7 nitrogen and oxygen atoms in total. The summed E-state index contributed by atoms with van der Waals surface area (Å²) in [6.07, 6.45) is 0.739. The number of nitrogens with zero attached hydrogens (tertiary/aromatic N) is 1. The summed E-state index contributed by atoms with van der Waals surface area (Å²) in [6.45, 7) is 3.57. The number of amides is 1. The van der Waals surface area contributed by atoms with Crippen LogP contribution in [-0.4, -0.2) is 59.1 Å². The number of rotatable bonds is 8. The van der Waals surface area contributed by atoms with Gasteiger partial charge in [0, 0.05) is 18.0 Å². The number of β-amino-alcohol motifs (C(OH)–C–C–N with tert-alkyl or cyclic N) is 1. The zero-order valence-corrected chi connectivity index (χ0v) is 17.1. The number of carbonyl (C=O) groups excluding carboxylic acids is 2. The van der Waals surface area contributed by atoms with Crippen LogP contribution in [-0.2, 0) is 4.79 Å². The minimum Gasteiger partial charge on any atom is -0.506 e. The first-order valence-electron chi connectivity index (χ1n) is 10.2. The van der Waals surface area contributed by atoms with Gasteiger partial charge in [-0.15, -0.1) is 0 Å². The molecule has 0 aliphatic carbocycles. The number of aliphatic hydroxyl groups excluding tert-OH is 1. The van der Waals surface area contributed by atoms with Crippen LogP contribution >= 0.6 is 0 Å². The Balaban J connectivity index is 1.39. The molecule has 1 unspecified atom stereocenters. The lowest BCUT2D eigenvalue weighted by Crippen LogP contribution is -2.42. The largest absolute Gasteiger partial charge is 0.506 e. The number of para-hydroxylation sites is 2. The highest BCUT2D eigenvalue weighted by Crippen LogP contribution is 2.25. The molecule has 3 rings (SSSR count). The van der Waals surface area contributed by atoms with Gasteiger partial charge in [0.1, 0.15) is 24.2 Å². The Morgan fingerprint density at radius 2 is 1.80 bits per heavy atom. The Hall–Kier alpha value is -2.90. The van der Waals surface area contributed by atoms with E-state index in [0.29, 0.717) is 49.5 Å². The van der Waals surface area contributed by atoms with Crippen LogP contribution in [0, 0.1) is 5.92 Å². The van der Waals surface area contributed by atoms with Crippen LogP contribution in [0.15, 0.2) is 48.5 Å². The quantitative estimate of drug-likeness (QED) is 0.455. The first-order chi connectivity index (χ1) is 14.4. The van der Waals surface area contributed by atoms with Crippen LogP contribution in [0.1, 0.15) is 30.1 Å². The Morgan fingerprint density at radius 3 is 2.43 bits per heavy atom. The number of benzene rings is 2. The van der Waals surface area contributed by atoms with Gasteiger partial charge >= 0.3 is 0 Å². The van der Waals surface area contributed by atoms with Crippen LogP contribution in [0.5, 0.6) is 11.5 Å². The molecule has 0 aromatic heterocycles. The summed E-state index contributed by atoms with van der Waals surface area (Å²) in [4.78, 5) is 25.9. The summed E-state index contributed by atoms with van der Waals surface area (Å²) in [5.74, 6) is 0.461. The van der Waals surface area contributed by atoms with Crippen molar-refractivity contribution in [1.29, 1.82) is 0 Å². The number of anilines is 1.